The number of hydrogen-bond donors (Lipinski definition) is 1. The van der Waals surface area contributed by atoms with E-state index >= 15 is 0 Å². The maximum absolute atomic E-state index is 11.4. The van der Waals surface area contributed by atoms with E-state index in [0.717, 1.165) is 38.9 Å². The van der Waals surface area contributed by atoms with Crippen molar-refractivity contribution < 1.29 is 4.92 Å². The summed E-state index contributed by atoms with van der Waals surface area (Å²) in [5.41, 5.74) is 3.44. The lowest BCUT2D eigenvalue weighted by molar-refractivity contribution is -0.384. The Labute approximate surface area is 194 Å². The zero-order valence-corrected chi connectivity index (χ0v) is 18.6. The first-order chi connectivity index (χ1) is 16.1. The van der Waals surface area contributed by atoms with E-state index < -0.39 is 4.92 Å². The number of nitro groups is 1. The Kier molecular flexibility index (Phi) is 7.33. The lowest BCUT2D eigenvalue weighted by Crippen LogP contribution is -2.40. The van der Waals surface area contributed by atoms with Gasteiger partial charge >= 0.3 is 0 Å². The molecule has 0 unspecified atom stereocenters. The normalized spacial score (nSPS) is 14.7. The van der Waals surface area contributed by atoms with Crippen LogP contribution in [0.3, 0.4) is 0 Å². The van der Waals surface area contributed by atoms with Gasteiger partial charge in [0.05, 0.1) is 16.6 Å². The van der Waals surface area contributed by atoms with Gasteiger partial charge in [0, 0.05) is 31.1 Å². The van der Waals surface area contributed by atoms with Crippen LogP contribution in [-0.2, 0) is 0 Å². The van der Waals surface area contributed by atoms with Crippen LogP contribution in [0.25, 0.3) is 0 Å². The summed E-state index contributed by atoms with van der Waals surface area (Å²) in [5, 5.41) is 23.8. The molecule has 1 aliphatic heterocycles. The topological polar surface area (TPSA) is 82.2 Å². The Hall–Kier alpha value is -3.69. The van der Waals surface area contributed by atoms with Crippen LogP contribution >= 0.6 is 0 Å². The van der Waals surface area contributed by atoms with Gasteiger partial charge in [-0.1, -0.05) is 60.7 Å². The molecule has 0 radical (unpaired) electrons. The molecule has 1 N–H and O–H groups in total. The van der Waals surface area contributed by atoms with Gasteiger partial charge in [0.15, 0.2) is 0 Å². The maximum Gasteiger partial charge on any atom is 0.293 e. The molecular formula is C27H28N4O2. The van der Waals surface area contributed by atoms with Gasteiger partial charge in [-0.05, 0) is 49.1 Å². The zero-order valence-electron chi connectivity index (χ0n) is 18.6. The van der Waals surface area contributed by atoms with Crippen LogP contribution in [0.15, 0.2) is 78.9 Å². The van der Waals surface area contributed by atoms with E-state index in [1.165, 1.54) is 17.2 Å². The molecule has 0 amide bonds. The summed E-state index contributed by atoms with van der Waals surface area (Å²) in [7, 11) is 0. The van der Waals surface area contributed by atoms with Gasteiger partial charge in [-0.2, -0.15) is 5.26 Å². The Balaban J connectivity index is 1.35. The first-order valence-corrected chi connectivity index (χ1v) is 11.4. The smallest absolute Gasteiger partial charge is 0.293 e. The number of nitrogens with zero attached hydrogens (tertiary/aromatic N) is 3. The predicted molar refractivity (Wildman–Crippen MR) is 130 cm³/mol. The lowest BCUT2D eigenvalue weighted by atomic mass is 9.88. The van der Waals surface area contributed by atoms with Crippen molar-refractivity contribution in [1.82, 2.24) is 4.90 Å². The van der Waals surface area contributed by atoms with Crippen LogP contribution in [-0.4, -0.2) is 35.5 Å². The molecule has 3 aromatic rings. The molecule has 1 fully saturated rings. The Morgan fingerprint density at radius 2 is 1.61 bits per heavy atom. The number of nitro benzene ring substituents is 1. The molecule has 1 aliphatic rings. The van der Waals surface area contributed by atoms with Gasteiger partial charge in [-0.15, -0.1) is 0 Å². The Morgan fingerprint density at radius 1 is 1.00 bits per heavy atom. The van der Waals surface area contributed by atoms with Crippen LogP contribution in [0.5, 0.6) is 0 Å². The van der Waals surface area contributed by atoms with E-state index in [1.807, 2.05) is 6.07 Å². The predicted octanol–water partition coefficient (Wildman–Crippen LogP) is 5.56. The van der Waals surface area contributed by atoms with E-state index in [9.17, 15) is 10.1 Å². The molecule has 0 atom stereocenters. The van der Waals surface area contributed by atoms with Crippen LogP contribution in [0.4, 0.5) is 11.4 Å². The second-order valence-corrected chi connectivity index (χ2v) is 8.52. The number of hydrogen-bond acceptors (Lipinski definition) is 5. The van der Waals surface area contributed by atoms with Crippen molar-refractivity contribution in [1.29, 1.82) is 5.26 Å². The Morgan fingerprint density at radius 3 is 2.15 bits per heavy atom. The summed E-state index contributed by atoms with van der Waals surface area (Å²) in [6.45, 7) is 2.92. The highest BCUT2D eigenvalue weighted by atomic mass is 16.6. The minimum absolute atomic E-state index is 0.0370. The minimum atomic E-state index is -0.425. The highest BCUT2D eigenvalue weighted by Gasteiger charge is 2.23. The third-order valence-electron chi connectivity index (χ3n) is 6.41. The van der Waals surface area contributed by atoms with Crippen molar-refractivity contribution in [3.05, 3.63) is 106 Å². The van der Waals surface area contributed by atoms with E-state index in [-0.39, 0.29) is 11.7 Å². The van der Waals surface area contributed by atoms with Crippen LogP contribution in [0, 0.1) is 21.4 Å². The van der Waals surface area contributed by atoms with Gasteiger partial charge in [0.25, 0.3) is 5.69 Å². The highest BCUT2D eigenvalue weighted by molar-refractivity contribution is 5.64. The van der Waals surface area contributed by atoms with E-state index in [0.29, 0.717) is 17.2 Å². The van der Waals surface area contributed by atoms with E-state index in [2.05, 4.69) is 70.9 Å². The molecule has 1 saturated heterocycles. The number of benzene rings is 3. The number of piperidine rings is 1. The quantitative estimate of drug-likeness (QED) is 0.366. The van der Waals surface area contributed by atoms with Crippen molar-refractivity contribution in [2.75, 3.05) is 25.0 Å². The van der Waals surface area contributed by atoms with Gasteiger partial charge in [0.1, 0.15) is 5.69 Å². The van der Waals surface area contributed by atoms with E-state index in [1.54, 1.807) is 12.1 Å². The number of anilines is 1. The molecule has 6 heteroatoms. The van der Waals surface area contributed by atoms with Crippen molar-refractivity contribution in [2.45, 2.75) is 31.2 Å². The second kappa shape index (κ2) is 10.8. The number of nitriles is 1. The molecule has 0 saturated carbocycles. The van der Waals surface area contributed by atoms with Gasteiger partial charge in [0.2, 0.25) is 0 Å². The van der Waals surface area contributed by atoms with Crippen LogP contribution in [0.1, 0.15) is 41.9 Å². The maximum atomic E-state index is 11.4. The standard InChI is InChI=1S/C27H28N4O2/c28-20-21-11-12-26(27(19-21)31(32)33)29-24-13-16-30(17-14-24)18-15-25(22-7-3-1-4-8-22)23-9-5-2-6-10-23/h1-12,19,24-25,29H,13-18H2. The fourth-order valence-corrected chi connectivity index (χ4v) is 4.60. The number of likely N-dealkylation sites (tertiary alicyclic amines) is 1. The molecule has 3 aromatic carbocycles. The minimum Gasteiger partial charge on any atom is -0.377 e. The number of rotatable bonds is 8. The Bertz CT molecular complexity index is 1060. The van der Waals surface area contributed by atoms with Crippen molar-refractivity contribution in [3.63, 3.8) is 0 Å². The first-order valence-electron chi connectivity index (χ1n) is 11.4. The number of nitrogens with one attached hydrogen (secondary N) is 1. The van der Waals surface area contributed by atoms with Gasteiger partial charge in [-0.25, -0.2) is 0 Å². The van der Waals surface area contributed by atoms with Crippen molar-refractivity contribution in [2.24, 2.45) is 0 Å². The molecule has 0 aliphatic carbocycles. The average Bonchev–Trinajstić information content (AvgIpc) is 2.86. The van der Waals surface area contributed by atoms with Gasteiger partial charge in [-0.3, -0.25) is 10.1 Å². The van der Waals surface area contributed by atoms with Gasteiger partial charge < -0.3 is 10.2 Å². The summed E-state index contributed by atoms with van der Waals surface area (Å²) in [6.07, 6.45) is 2.91. The fraction of sp³-hybridized carbons (Fsp3) is 0.296. The summed E-state index contributed by atoms with van der Waals surface area (Å²) in [5.74, 6) is 0.365. The fourth-order valence-electron chi connectivity index (χ4n) is 4.60. The van der Waals surface area contributed by atoms with Crippen molar-refractivity contribution in [3.8, 4) is 6.07 Å². The molecule has 1 heterocycles. The summed E-state index contributed by atoms with van der Waals surface area (Å²) in [4.78, 5) is 13.5. The summed E-state index contributed by atoms with van der Waals surface area (Å²) < 4.78 is 0. The molecule has 0 spiro atoms. The molecule has 33 heavy (non-hydrogen) atoms. The highest BCUT2D eigenvalue weighted by Crippen LogP contribution is 2.30. The summed E-state index contributed by atoms with van der Waals surface area (Å²) in [6, 6.07) is 28.1. The van der Waals surface area contributed by atoms with Crippen LogP contribution in [0.2, 0.25) is 0 Å². The molecule has 0 aromatic heterocycles. The summed E-state index contributed by atoms with van der Waals surface area (Å²) >= 11 is 0. The lowest BCUT2D eigenvalue weighted by Gasteiger charge is -2.33. The SMILES string of the molecule is N#Cc1ccc(NC2CCN(CCC(c3ccccc3)c3ccccc3)CC2)c([N+](=O)[O-])c1. The molecule has 168 valence electrons. The largest absolute Gasteiger partial charge is 0.377 e. The zero-order chi connectivity index (χ0) is 23.0. The monoisotopic (exact) mass is 440 g/mol. The molecule has 6 nitrogen and oxygen atoms in total. The third kappa shape index (κ3) is 5.76. The van der Waals surface area contributed by atoms with E-state index in [4.69, 9.17) is 5.26 Å². The first kappa shape index (κ1) is 22.5. The molecule has 0 bridgehead atoms. The molecular weight excluding hydrogens is 412 g/mol. The second-order valence-electron chi connectivity index (χ2n) is 8.52. The average molecular weight is 441 g/mol. The third-order valence-corrected chi connectivity index (χ3v) is 6.41. The van der Waals surface area contributed by atoms with Crippen LogP contribution < -0.4 is 5.32 Å². The molecule has 4 rings (SSSR count). The van der Waals surface area contributed by atoms with Crippen molar-refractivity contribution >= 4 is 11.4 Å².